The van der Waals surface area contributed by atoms with E-state index in [1.54, 1.807) is 6.07 Å². The van der Waals surface area contributed by atoms with E-state index in [1.807, 2.05) is 25.1 Å². The van der Waals surface area contributed by atoms with Gasteiger partial charge in [-0.1, -0.05) is 36.4 Å². The molecule has 2 nitrogen and oxygen atoms in total. The van der Waals surface area contributed by atoms with Crippen molar-refractivity contribution in [3.63, 3.8) is 0 Å². The summed E-state index contributed by atoms with van der Waals surface area (Å²) in [6.45, 7) is 2.87. The van der Waals surface area contributed by atoms with Crippen molar-refractivity contribution >= 4 is 5.69 Å². The number of hydrogen-bond donors (Lipinski definition) is 1. The van der Waals surface area contributed by atoms with Crippen LogP contribution in [0.3, 0.4) is 0 Å². The molecule has 110 valence electrons. The van der Waals surface area contributed by atoms with E-state index in [1.165, 1.54) is 17.3 Å². The van der Waals surface area contributed by atoms with Gasteiger partial charge in [-0.15, -0.1) is 0 Å². The van der Waals surface area contributed by atoms with Crippen molar-refractivity contribution in [2.45, 2.75) is 31.8 Å². The molecule has 2 aromatic rings. The summed E-state index contributed by atoms with van der Waals surface area (Å²) < 4.78 is 14.2. The molecule has 0 aromatic heterocycles. The number of aryl methyl sites for hydroxylation is 1. The van der Waals surface area contributed by atoms with E-state index in [-0.39, 0.29) is 17.9 Å². The fourth-order valence-electron chi connectivity index (χ4n) is 3.30. The first-order chi connectivity index (χ1) is 10.2. The maximum atomic E-state index is 14.2. The van der Waals surface area contributed by atoms with Gasteiger partial charge in [-0.3, -0.25) is 0 Å². The topological polar surface area (TPSA) is 29.3 Å². The van der Waals surface area contributed by atoms with E-state index in [4.69, 9.17) is 5.73 Å². The number of rotatable bonds is 3. The van der Waals surface area contributed by atoms with Crippen LogP contribution < -0.4 is 10.6 Å². The van der Waals surface area contributed by atoms with Crippen LogP contribution in [0.5, 0.6) is 0 Å². The number of fused-ring (bicyclic) bond motifs is 1. The molecule has 2 aromatic carbocycles. The fourth-order valence-corrected chi connectivity index (χ4v) is 3.30. The second-order valence-electron chi connectivity index (χ2n) is 5.75. The molecule has 0 fully saturated rings. The highest BCUT2D eigenvalue weighted by molar-refractivity contribution is 5.57. The Morgan fingerprint density at radius 3 is 2.57 bits per heavy atom. The second kappa shape index (κ2) is 5.86. The van der Waals surface area contributed by atoms with E-state index in [0.29, 0.717) is 5.56 Å². The van der Waals surface area contributed by atoms with E-state index in [9.17, 15) is 4.39 Å². The Labute approximate surface area is 125 Å². The highest BCUT2D eigenvalue weighted by Gasteiger charge is 2.29. The number of hydrogen-bond acceptors (Lipinski definition) is 2. The summed E-state index contributed by atoms with van der Waals surface area (Å²) in [5.41, 5.74) is 9.42. The minimum absolute atomic E-state index is 0.132. The van der Waals surface area contributed by atoms with Gasteiger partial charge >= 0.3 is 0 Å². The lowest BCUT2D eigenvalue weighted by Crippen LogP contribution is -2.42. The molecular formula is C18H21FN2. The molecule has 0 spiro atoms. The number of para-hydroxylation sites is 1. The molecule has 0 radical (unpaired) electrons. The first-order valence-corrected chi connectivity index (χ1v) is 7.53. The molecule has 0 amide bonds. The van der Waals surface area contributed by atoms with Crippen molar-refractivity contribution in [3.05, 3.63) is 65.5 Å². The first kappa shape index (κ1) is 14.1. The molecule has 0 saturated carbocycles. The van der Waals surface area contributed by atoms with Crippen molar-refractivity contribution in [3.8, 4) is 0 Å². The van der Waals surface area contributed by atoms with Gasteiger partial charge in [0.05, 0.1) is 6.04 Å². The molecule has 1 aliphatic heterocycles. The van der Waals surface area contributed by atoms with Crippen LogP contribution in [-0.2, 0) is 6.42 Å². The van der Waals surface area contributed by atoms with Crippen molar-refractivity contribution in [2.75, 3.05) is 11.4 Å². The average Bonchev–Trinajstić information content (AvgIpc) is 2.49. The summed E-state index contributed by atoms with van der Waals surface area (Å²) in [5.74, 6) is -0.178. The highest BCUT2D eigenvalue weighted by Crippen LogP contribution is 2.36. The van der Waals surface area contributed by atoms with Crippen LogP contribution in [0.15, 0.2) is 48.5 Å². The summed E-state index contributed by atoms with van der Waals surface area (Å²) in [7, 11) is 0. The molecule has 1 aliphatic rings. The van der Waals surface area contributed by atoms with E-state index in [2.05, 4.69) is 23.1 Å². The van der Waals surface area contributed by atoms with Crippen LogP contribution in [0.25, 0.3) is 0 Å². The molecule has 0 saturated heterocycles. The van der Waals surface area contributed by atoms with Crippen molar-refractivity contribution < 1.29 is 4.39 Å². The minimum Gasteiger partial charge on any atom is -0.363 e. The smallest absolute Gasteiger partial charge is 0.128 e. The highest BCUT2D eigenvalue weighted by atomic mass is 19.1. The lowest BCUT2D eigenvalue weighted by atomic mass is 9.93. The Kier molecular flexibility index (Phi) is 3.93. The Morgan fingerprint density at radius 2 is 1.81 bits per heavy atom. The Bertz CT molecular complexity index is 624. The largest absolute Gasteiger partial charge is 0.363 e. The maximum absolute atomic E-state index is 14.2. The van der Waals surface area contributed by atoms with Crippen LogP contribution in [0.2, 0.25) is 0 Å². The third-order valence-corrected chi connectivity index (χ3v) is 4.20. The van der Waals surface area contributed by atoms with Crippen LogP contribution >= 0.6 is 0 Å². The van der Waals surface area contributed by atoms with Gasteiger partial charge in [0.1, 0.15) is 5.82 Å². The Hall–Kier alpha value is -1.87. The number of nitrogens with zero attached hydrogens (tertiary/aromatic N) is 1. The summed E-state index contributed by atoms with van der Waals surface area (Å²) in [6.07, 6.45) is 2.16. The predicted octanol–water partition coefficient (Wildman–Crippen LogP) is 3.67. The molecule has 0 bridgehead atoms. The number of halogens is 1. The molecule has 2 N–H and O–H groups in total. The SMILES string of the molecule is CC(N)C(c1ccccc1F)N1CCCc2ccccc21. The number of benzene rings is 2. The van der Waals surface area contributed by atoms with Crippen molar-refractivity contribution in [1.82, 2.24) is 0 Å². The van der Waals surface area contributed by atoms with Crippen LogP contribution in [0.1, 0.15) is 30.5 Å². The van der Waals surface area contributed by atoms with Gasteiger partial charge in [0, 0.05) is 23.8 Å². The summed E-state index contributed by atoms with van der Waals surface area (Å²) in [6, 6.07) is 15.1. The maximum Gasteiger partial charge on any atom is 0.128 e. The molecule has 0 aliphatic carbocycles. The van der Waals surface area contributed by atoms with Crippen LogP contribution in [0.4, 0.5) is 10.1 Å². The van der Waals surface area contributed by atoms with Gasteiger partial charge < -0.3 is 10.6 Å². The van der Waals surface area contributed by atoms with Crippen molar-refractivity contribution in [1.29, 1.82) is 0 Å². The third kappa shape index (κ3) is 2.66. The molecular weight excluding hydrogens is 263 g/mol. The summed E-state index contributed by atoms with van der Waals surface area (Å²) in [4.78, 5) is 2.27. The minimum atomic E-state index is -0.178. The zero-order chi connectivity index (χ0) is 14.8. The van der Waals surface area contributed by atoms with Crippen LogP contribution in [-0.4, -0.2) is 12.6 Å². The van der Waals surface area contributed by atoms with E-state index < -0.39 is 0 Å². The first-order valence-electron chi connectivity index (χ1n) is 7.53. The molecule has 2 unspecified atom stereocenters. The second-order valence-corrected chi connectivity index (χ2v) is 5.75. The Balaban J connectivity index is 2.06. The predicted molar refractivity (Wildman–Crippen MR) is 84.9 cm³/mol. The molecule has 2 atom stereocenters. The van der Waals surface area contributed by atoms with Gasteiger partial charge in [0.2, 0.25) is 0 Å². The van der Waals surface area contributed by atoms with Crippen LogP contribution in [0, 0.1) is 5.82 Å². The van der Waals surface area contributed by atoms with Gasteiger partial charge in [-0.2, -0.15) is 0 Å². The molecule has 3 heteroatoms. The standard InChI is InChI=1S/C18H21FN2/c1-13(20)18(15-9-3-4-10-16(15)19)21-12-6-8-14-7-2-5-11-17(14)21/h2-5,7,9-11,13,18H,6,8,12,20H2,1H3. The van der Waals surface area contributed by atoms with Gasteiger partial charge in [0.15, 0.2) is 0 Å². The molecule has 21 heavy (non-hydrogen) atoms. The van der Waals surface area contributed by atoms with Gasteiger partial charge in [0.25, 0.3) is 0 Å². The normalized spacial score (nSPS) is 17.2. The number of nitrogens with two attached hydrogens (primary N) is 1. The molecule has 1 heterocycles. The third-order valence-electron chi connectivity index (χ3n) is 4.20. The van der Waals surface area contributed by atoms with E-state index >= 15 is 0 Å². The molecule has 3 rings (SSSR count). The fraction of sp³-hybridized carbons (Fsp3) is 0.333. The summed E-state index contributed by atoms with van der Waals surface area (Å²) in [5, 5.41) is 0. The zero-order valence-electron chi connectivity index (χ0n) is 12.3. The number of anilines is 1. The van der Waals surface area contributed by atoms with Gasteiger partial charge in [-0.05, 0) is 37.5 Å². The Morgan fingerprint density at radius 1 is 1.10 bits per heavy atom. The van der Waals surface area contributed by atoms with E-state index in [0.717, 1.165) is 19.4 Å². The lowest BCUT2D eigenvalue weighted by molar-refractivity contribution is 0.484. The average molecular weight is 284 g/mol. The quantitative estimate of drug-likeness (QED) is 0.932. The monoisotopic (exact) mass is 284 g/mol. The zero-order valence-corrected chi connectivity index (χ0v) is 12.3. The lowest BCUT2D eigenvalue weighted by Gasteiger charge is -2.40. The summed E-state index contributed by atoms with van der Waals surface area (Å²) >= 11 is 0. The van der Waals surface area contributed by atoms with Crippen molar-refractivity contribution in [2.24, 2.45) is 5.73 Å². The van der Waals surface area contributed by atoms with Gasteiger partial charge in [-0.25, -0.2) is 4.39 Å².